The Morgan fingerprint density at radius 3 is 3.00 bits per heavy atom. The maximum atomic E-state index is 11.5. The van der Waals surface area contributed by atoms with Gasteiger partial charge in [-0.25, -0.2) is 4.98 Å². The molecule has 0 radical (unpaired) electrons. The summed E-state index contributed by atoms with van der Waals surface area (Å²) >= 11 is 0. The zero-order valence-corrected chi connectivity index (χ0v) is 8.50. The monoisotopic (exact) mass is 213 g/mol. The van der Waals surface area contributed by atoms with E-state index in [1.54, 1.807) is 12.1 Å². The third-order valence-electron chi connectivity index (χ3n) is 1.56. The van der Waals surface area contributed by atoms with Crippen molar-refractivity contribution < 1.29 is 9.00 Å². The number of nitrogen functional groups attached to an aromatic ring is 1. The number of anilines is 1. The Hall–Kier alpha value is -1.43. The highest BCUT2D eigenvalue weighted by atomic mass is 32.2. The van der Waals surface area contributed by atoms with Gasteiger partial charge in [0.15, 0.2) is 5.03 Å². The summed E-state index contributed by atoms with van der Waals surface area (Å²) < 4.78 is 11.5. The SMILES string of the molecule is CNC(=O)CS(=O)c1ncccc1N. The number of carbonyl (C=O) groups is 1. The molecule has 0 aliphatic carbocycles. The summed E-state index contributed by atoms with van der Waals surface area (Å²) in [6.07, 6.45) is 1.49. The average molecular weight is 213 g/mol. The van der Waals surface area contributed by atoms with Gasteiger partial charge in [0.05, 0.1) is 16.5 Å². The molecule has 0 fully saturated rings. The van der Waals surface area contributed by atoms with Crippen LogP contribution in [0.2, 0.25) is 0 Å². The predicted molar refractivity (Wildman–Crippen MR) is 54.0 cm³/mol. The molecule has 1 aromatic heterocycles. The molecular weight excluding hydrogens is 202 g/mol. The van der Waals surface area contributed by atoms with Crippen LogP contribution >= 0.6 is 0 Å². The van der Waals surface area contributed by atoms with Crippen LogP contribution in [0.3, 0.4) is 0 Å². The molecule has 1 rings (SSSR count). The Morgan fingerprint density at radius 1 is 1.71 bits per heavy atom. The Labute approximate surface area is 84.2 Å². The maximum Gasteiger partial charge on any atom is 0.232 e. The van der Waals surface area contributed by atoms with Crippen molar-refractivity contribution >= 4 is 22.4 Å². The van der Waals surface area contributed by atoms with Gasteiger partial charge in [0.2, 0.25) is 5.91 Å². The summed E-state index contributed by atoms with van der Waals surface area (Å²) in [7, 11) is 0.0143. The lowest BCUT2D eigenvalue weighted by Crippen LogP contribution is -2.24. The average Bonchev–Trinajstić information content (AvgIpc) is 2.18. The molecule has 6 heteroatoms. The van der Waals surface area contributed by atoms with Gasteiger partial charge < -0.3 is 11.1 Å². The van der Waals surface area contributed by atoms with Gasteiger partial charge in [0, 0.05) is 13.2 Å². The Balaban J connectivity index is 2.80. The molecule has 0 spiro atoms. The van der Waals surface area contributed by atoms with E-state index in [9.17, 15) is 9.00 Å². The van der Waals surface area contributed by atoms with Gasteiger partial charge in [-0.05, 0) is 12.1 Å². The normalized spacial score (nSPS) is 12.1. The second-order valence-corrected chi connectivity index (χ2v) is 3.93. The summed E-state index contributed by atoms with van der Waals surface area (Å²) in [5.41, 5.74) is 5.89. The van der Waals surface area contributed by atoms with E-state index >= 15 is 0 Å². The third-order valence-corrected chi connectivity index (χ3v) is 2.85. The molecule has 1 atom stereocenters. The van der Waals surface area contributed by atoms with Crippen LogP contribution in [0.1, 0.15) is 0 Å². The van der Waals surface area contributed by atoms with Gasteiger partial charge in [0.25, 0.3) is 0 Å². The number of hydrogen-bond acceptors (Lipinski definition) is 4. The minimum absolute atomic E-state index is 0.113. The third kappa shape index (κ3) is 2.53. The van der Waals surface area contributed by atoms with Gasteiger partial charge in [-0.2, -0.15) is 0 Å². The number of hydrogen-bond donors (Lipinski definition) is 2. The van der Waals surface area contributed by atoms with Gasteiger partial charge in [-0.15, -0.1) is 0 Å². The minimum atomic E-state index is -1.47. The fraction of sp³-hybridized carbons (Fsp3) is 0.250. The lowest BCUT2D eigenvalue weighted by molar-refractivity contribution is -0.118. The fourth-order valence-corrected chi connectivity index (χ4v) is 1.88. The first-order valence-electron chi connectivity index (χ1n) is 3.94. The summed E-state index contributed by atoms with van der Waals surface area (Å²) in [4.78, 5) is 14.8. The van der Waals surface area contributed by atoms with Crippen LogP contribution in [0.25, 0.3) is 0 Å². The van der Waals surface area contributed by atoms with Gasteiger partial charge in [-0.1, -0.05) is 0 Å². The highest BCUT2D eigenvalue weighted by Crippen LogP contribution is 2.11. The van der Waals surface area contributed by atoms with Crippen molar-refractivity contribution in [3.63, 3.8) is 0 Å². The van der Waals surface area contributed by atoms with Crippen molar-refractivity contribution in [3.8, 4) is 0 Å². The summed E-state index contributed by atoms with van der Waals surface area (Å²) in [6, 6.07) is 3.25. The quantitative estimate of drug-likeness (QED) is 0.710. The molecule has 1 unspecified atom stereocenters. The molecular formula is C8H11N3O2S. The van der Waals surface area contributed by atoms with Gasteiger partial charge >= 0.3 is 0 Å². The summed E-state index contributed by atoms with van der Waals surface area (Å²) in [6.45, 7) is 0. The van der Waals surface area contributed by atoms with E-state index in [-0.39, 0.29) is 16.7 Å². The number of aromatic nitrogens is 1. The van der Waals surface area contributed by atoms with Crippen LogP contribution in [0.15, 0.2) is 23.4 Å². The van der Waals surface area contributed by atoms with Crippen molar-refractivity contribution in [2.75, 3.05) is 18.5 Å². The number of amides is 1. The standard InChI is InChI=1S/C8H11N3O2S/c1-10-7(12)5-14(13)8-6(9)3-2-4-11-8/h2-4H,5,9H2,1H3,(H,10,12). The predicted octanol–water partition coefficient (Wildman–Crippen LogP) is -0.483. The fourth-order valence-electron chi connectivity index (χ4n) is 0.853. The van der Waals surface area contributed by atoms with E-state index in [1.807, 2.05) is 0 Å². The van der Waals surface area contributed by atoms with E-state index in [2.05, 4.69) is 10.3 Å². The molecule has 76 valence electrons. The van der Waals surface area contributed by atoms with Crippen LogP contribution in [0.4, 0.5) is 5.69 Å². The van der Waals surface area contributed by atoms with E-state index in [1.165, 1.54) is 13.2 Å². The molecule has 1 aromatic rings. The summed E-state index contributed by atoms with van der Waals surface area (Å²) in [5.74, 6) is -0.411. The minimum Gasteiger partial charge on any atom is -0.396 e. The number of nitrogens with zero attached hydrogens (tertiary/aromatic N) is 1. The lowest BCUT2D eigenvalue weighted by Gasteiger charge is -2.02. The Bertz CT molecular complexity index is 367. The van der Waals surface area contributed by atoms with Gasteiger partial charge in [-0.3, -0.25) is 9.00 Å². The van der Waals surface area contributed by atoms with Crippen molar-refractivity contribution in [1.29, 1.82) is 0 Å². The second-order valence-electron chi connectivity index (χ2n) is 2.56. The number of pyridine rings is 1. The molecule has 0 saturated carbocycles. The van der Waals surface area contributed by atoms with E-state index in [4.69, 9.17) is 5.73 Å². The molecule has 1 amide bonds. The van der Waals surface area contributed by atoms with Crippen molar-refractivity contribution in [2.24, 2.45) is 0 Å². The van der Waals surface area contributed by atoms with Crippen LogP contribution in [-0.4, -0.2) is 27.9 Å². The molecule has 0 bridgehead atoms. The molecule has 0 aliphatic rings. The largest absolute Gasteiger partial charge is 0.396 e. The molecule has 0 aromatic carbocycles. The first-order chi connectivity index (χ1) is 6.65. The van der Waals surface area contributed by atoms with Crippen LogP contribution in [0, 0.1) is 0 Å². The van der Waals surface area contributed by atoms with E-state index in [0.717, 1.165) is 0 Å². The van der Waals surface area contributed by atoms with Crippen molar-refractivity contribution in [2.45, 2.75) is 5.03 Å². The first kappa shape index (κ1) is 10.6. The zero-order valence-electron chi connectivity index (χ0n) is 7.69. The number of carbonyl (C=O) groups excluding carboxylic acids is 1. The molecule has 5 nitrogen and oxygen atoms in total. The van der Waals surface area contributed by atoms with Crippen LogP contribution in [0.5, 0.6) is 0 Å². The molecule has 0 aliphatic heterocycles. The van der Waals surface area contributed by atoms with Gasteiger partial charge in [0.1, 0.15) is 5.75 Å². The van der Waals surface area contributed by atoms with E-state index in [0.29, 0.717) is 5.69 Å². The molecule has 14 heavy (non-hydrogen) atoms. The second kappa shape index (κ2) is 4.71. The number of nitrogens with two attached hydrogens (primary N) is 1. The molecule has 0 saturated heterocycles. The maximum absolute atomic E-state index is 11.5. The lowest BCUT2D eigenvalue weighted by atomic mass is 10.4. The molecule has 3 N–H and O–H groups in total. The van der Waals surface area contributed by atoms with Crippen molar-refractivity contribution in [1.82, 2.24) is 10.3 Å². The Morgan fingerprint density at radius 2 is 2.43 bits per heavy atom. The smallest absolute Gasteiger partial charge is 0.232 e. The number of rotatable bonds is 3. The number of nitrogens with one attached hydrogen (secondary N) is 1. The van der Waals surface area contributed by atoms with Crippen LogP contribution in [-0.2, 0) is 15.6 Å². The first-order valence-corrected chi connectivity index (χ1v) is 5.26. The summed E-state index contributed by atoms with van der Waals surface area (Å²) in [5, 5.41) is 2.64. The zero-order chi connectivity index (χ0) is 10.6. The molecule has 1 heterocycles. The Kier molecular flexibility index (Phi) is 3.58. The highest BCUT2D eigenvalue weighted by Gasteiger charge is 2.12. The van der Waals surface area contributed by atoms with Crippen LogP contribution < -0.4 is 11.1 Å². The van der Waals surface area contributed by atoms with E-state index < -0.39 is 10.8 Å². The topological polar surface area (TPSA) is 85.1 Å². The van der Waals surface area contributed by atoms with Crippen molar-refractivity contribution in [3.05, 3.63) is 18.3 Å². The highest BCUT2D eigenvalue weighted by molar-refractivity contribution is 7.85.